The zero-order chi connectivity index (χ0) is 14.9. The van der Waals surface area contributed by atoms with Crippen molar-refractivity contribution in [1.82, 2.24) is 4.98 Å². The van der Waals surface area contributed by atoms with E-state index in [0.29, 0.717) is 0 Å². The number of hydrogen-bond acceptors (Lipinski definition) is 4. The minimum Gasteiger partial charge on any atom is -0.497 e. The van der Waals surface area contributed by atoms with Crippen LogP contribution in [0.3, 0.4) is 0 Å². The van der Waals surface area contributed by atoms with Crippen LogP contribution in [0.25, 0.3) is 10.6 Å². The maximum Gasteiger partial charge on any atom is 0.124 e. The van der Waals surface area contributed by atoms with Crippen molar-refractivity contribution in [3.05, 3.63) is 34.8 Å². The van der Waals surface area contributed by atoms with E-state index in [9.17, 15) is 0 Å². The second kappa shape index (κ2) is 5.54. The van der Waals surface area contributed by atoms with Crippen molar-refractivity contribution >= 4 is 11.3 Å². The molecule has 1 aromatic heterocycles. The maximum atomic E-state index is 6.10. The molecule has 1 unspecified atom stereocenters. The van der Waals surface area contributed by atoms with Crippen LogP contribution in [0.5, 0.6) is 5.75 Å². The molecule has 108 valence electrons. The summed E-state index contributed by atoms with van der Waals surface area (Å²) in [5.41, 5.74) is 8.27. The normalized spacial score (nSPS) is 13.3. The van der Waals surface area contributed by atoms with Gasteiger partial charge in [0.05, 0.1) is 12.8 Å². The lowest BCUT2D eigenvalue weighted by molar-refractivity contribution is 0.415. The molecule has 0 aliphatic carbocycles. The van der Waals surface area contributed by atoms with Gasteiger partial charge in [-0.3, -0.25) is 0 Å². The first-order chi connectivity index (χ1) is 9.32. The van der Waals surface area contributed by atoms with Crippen LogP contribution in [0.15, 0.2) is 24.3 Å². The van der Waals surface area contributed by atoms with Crippen molar-refractivity contribution in [3.63, 3.8) is 0 Å². The molecule has 0 amide bonds. The summed E-state index contributed by atoms with van der Waals surface area (Å²) in [6.45, 7) is 8.52. The summed E-state index contributed by atoms with van der Waals surface area (Å²) in [5, 5.41) is 1.00. The van der Waals surface area contributed by atoms with E-state index in [-0.39, 0.29) is 11.5 Å². The van der Waals surface area contributed by atoms with Gasteiger partial charge >= 0.3 is 0 Å². The zero-order valence-electron chi connectivity index (χ0n) is 12.7. The molecule has 2 N–H and O–H groups in total. The first-order valence-corrected chi connectivity index (χ1v) is 7.56. The third-order valence-corrected chi connectivity index (χ3v) is 4.40. The molecule has 3 nitrogen and oxygen atoms in total. The quantitative estimate of drug-likeness (QED) is 0.924. The van der Waals surface area contributed by atoms with Crippen molar-refractivity contribution in [3.8, 4) is 16.3 Å². The lowest BCUT2D eigenvalue weighted by atomic mass is 9.90. The zero-order valence-corrected chi connectivity index (χ0v) is 13.5. The average molecular weight is 290 g/mol. The highest BCUT2D eigenvalue weighted by atomic mass is 32.1. The number of aromatic nitrogens is 1. The molecule has 0 aliphatic heterocycles. The Bertz CT molecular complexity index is 597. The van der Waals surface area contributed by atoms with Crippen LogP contribution in [-0.4, -0.2) is 12.1 Å². The Hall–Kier alpha value is -1.39. The third kappa shape index (κ3) is 3.02. The van der Waals surface area contributed by atoms with Gasteiger partial charge in [-0.2, -0.15) is 0 Å². The molecule has 0 aliphatic rings. The van der Waals surface area contributed by atoms with Crippen LogP contribution < -0.4 is 10.5 Å². The minimum absolute atomic E-state index is 0.00100. The van der Waals surface area contributed by atoms with E-state index in [1.165, 1.54) is 0 Å². The largest absolute Gasteiger partial charge is 0.497 e. The Balaban J connectivity index is 2.53. The van der Waals surface area contributed by atoms with Crippen molar-refractivity contribution in [2.75, 3.05) is 7.11 Å². The van der Waals surface area contributed by atoms with E-state index >= 15 is 0 Å². The second-order valence-corrected chi connectivity index (χ2v) is 7.03. The Kier molecular flexibility index (Phi) is 4.16. The van der Waals surface area contributed by atoms with Gasteiger partial charge in [-0.1, -0.05) is 32.9 Å². The molecule has 0 saturated carbocycles. The predicted octanol–water partition coefficient (Wildman–Crippen LogP) is 4.14. The fraction of sp³-hybridized carbons (Fsp3) is 0.438. The molecule has 0 bridgehead atoms. The average Bonchev–Trinajstić information content (AvgIpc) is 2.84. The number of nitrogens with two attached hydrogens (primary N) is 1. The molecule has 2 rings (SSSR count). The summed E-state index contributed by atoms with van der Waals surface area (Å²) < 4.78 is 5.28. The van der Waals surface area contributed by atoms with Gasteiger partial charge < -0.3 is 10.5 Å². The molecule has 0 saturated heterocycles. The van der Waals surface area contributed by atoms with Crippen LogP contribution in [0.2, 0.25) is 0 Å². The van der Waals surface area contributed by atoms with E-state index < -0.39 is 0 Å². The lowest BCUT2D eigenvalue weighted by Crippen LogP contribution is -2.17. The number of methoxy groups -OCH3 is 1. The standard InChI is InChI=1S/C16H22N2OS/c1-10(17)13-14(16(2,3)4)18-15(20-13)11-7-6-8-12(9-11)19-5/h6-10H,17H2,1-5H3. The number of rotatable bonds is 3. The molecule has 1 aromatic carbocycles. The molecule has 1 atom stereocenters. The van der Waals surface area contributed by atoms with Crippen LogP contribution in [0.4, 0.5) is 0 Å². The number of thiazole rings is 1. The van der Waals surface area contributed by atoms with Gasteiger partial charge in [0.1, 0.15) is 10.8 Å². The van der Waals surface area contributed by atoms with Crippen LogP contribution >= 0.6 is 11.3 Å². The summed E-state index contributed by atoms with van der Waals surface area (Å²) >= 11 is 1.68. The van der Waals surface area contributed by atoms with Gasteiger partial charge in [-0.25, -0.2) is 4.98 Å². The van der Waals surface area contributed by atoms with Gasteiger partial charge in [0.15, 0.2) is 0 Å². The summed E-state index contributed by atoms with van der Waals surface area (Å²) in [4.78, 5) is 5.99. The summed E-state index contributed by atoms with van der Waals surface area (Å²) in [5.74, 6) is 0.845. The fourth-order valence-corrected chi connectivity index (χ4v) is 3.28. The molecule has 0 spiro atoms. The van der Waals surface area contributed by atoms with Crippen molar-refractivity contribution in [2.45, 2.75) is 39.2 Å². The number of benzene rings is 1. The molecule has 4 heteroatoms. The predicted molar refractivity (Wildman–Crippen MR) is 85.4 cm³/mol. The van der Waals surface area contributed by atoms with Crippen LogP contribution in [0.1, 0.15) is 44.3 Å². The monoisotopic (exact) mass is 290 g/mol. The van der Waals surface area contributed by atoms with E-state index in [2.05, 4.69) is 26.8 Å². The molecule has 20 heavy (non-hydrogen) atoms. The topological polar surface area (TPSA) is 48.1 Å². The third-order valence-electron chi connectivity index (χ3n) is 3.09. The van der Waals surface area contributed by atoms with Crippen molar-refractivity contribution in [2.24, 2.45) is 5.73 Å². The van der Waals surface area contributed by atoms with Crippen molar-refractivity contribution in [1.29, 1.82) is 0 Å². The smallest absolute Gasteiger partial charge is 0.124 e. The Morgan fingerprint density at radius 1 is 1.30 bits per heavy atom. The highest BCUT2D eigenvalue weighted by molar-refractivity contribution is 7.15. The second-order valence-electron chi connectivity index (χ2n) is 6.00. The SMILES string of the molecule is COc1cccc(-c2nc(C(C)(C)C)c(C(C)N)s2)c1. The molecular weight excluding hydrogens is 268 g/mol. The Morgan fingerprint density at radius 3 is 2.50 bits per heavy atom. The lowest BCUT2D eigenvalue weighted by Gasteiger charge is -2.18. The Morgan fingerprint density at radius 2 is 2.00 bits per heavy atom. The summed E-state index contributed by atoms with van der Waals surface area (Å²) in [7, 11) is 1.68. The van der Waals surface area contributed by atoms with Crippen molar-refractivity contribution < 1.29 is 4.74 Å². The Labute approximate surface area is 124 Å². The van der Waals surface area contributed by atoms with E-state index in [0.717, 1.165) is 26.9 Å². The highest BCUT2D eigenvalue weighted by Gasteiger charge is 2.25. The van der Waals surface area contributed by atoms with Crippen LogP contribution in [0, 0.1) is 0 Å². The molecule has 1 heterocycles. The molecule has 0 radical (unpaired) electrons. The number of hydrogen-bond donors (Lipinski definition) is 1. The highest BCUT2D eigenvalue weighted by Crippen LogP contribution is 2.37. The number of nitrogens with zero attached hydrogens (tertiary/aromatic N) is 1. The first-order valence-electron chi connectivity index (χ1n) is 6.74. The van der Waals surface area contributed by atoms with E-state index in [1.807, 2.05) is 25.1 Å². The van der Waals surface area contributed by atoms with Gasteiger partial charge in [0, 0.05) is 21.9 Å². The summed E-state index contributed by atoms with van der Waals surface area (Å²) in [6, 6.07) is 7.99. The number of ether oxygens (including phenoxy) is 1. The molecule has 0 fully saturated rings. The van der Waals surface area contributed by atoms with Gasteiger partial charge in [-0.05, 0) is 19.1 Å². The summed E-state index contributed by atoms with van der Waals surface area (Å²) in [6.07, 6.45) is 0. The van der Waals surface area contributed by atoms with Gasteiger partial charge in [0.2, 0.25) is 0 Å². The fourth-order valence-electron chi connectivity index (χ4n) is 2.06. The first kappa shape index (κ1) is 15.0. The minimum atomic E-state index is -0.00339. The van der Waals surface area contributed by atoms with E-state index in [1.54, 1.807) is 18.4 Å². The van der Waals surface area contributed by atoms with Crippen LogP contribution in [-0.2, 0) is 5.41 Å². The van der Waals surface area contributed by atoms with Gasteiger partial charge in [0.25, 0.3) is 0 Å². The molecule has 2 aromatic rings. The molecular formula is C16H22N2OS. The van der Waals surface area contributed by atoms with E-state index in [4.69, 9.17) is 15.5 Å². The van der Waals surface area contributed by atoms with Gasteiger partial charge in [-0.15, -0.1) is 11.3 Å². The maximum absolute atomic E-state index is 6.10.